The largest absolute Gasteiger partial charge is 0.357 e. The molecule has 5 heavy (non-hydrogen) atoms. The molecule has 0 saturated heterocycles. The van der Waals surface area contributed by atoms with Gasteiger partial charge in [-0.05, 0) is 0 Å². The van der Waals surface area contributed by atoms with Gasteiger partial charge in [-0.25, -0.2) is 0 Å². The molecule has 0 unspecified atom stereocenters. The monoisotopic (exact) mass is 70.1 g/mol. The van der Waals surface area contributed by atoms with E-state index in [0.29, 0.717) is 0 Å². The highest BCUT2D eigenvalue weighted by Gasteiger charge is 1.65. The van der Waals surface area contributed by atoms with E-state index in [1.54, 1.807) is 0 Å². The zero-order valence-corrected chi connectivity index (χ0v) is 3.20. The molecule has 3 N–H and O–H groups in total. The summed E-state index contributed by atoms with van der Waals surface area (Å²) in [6.07, 6.45) is 5.65. The van der Waals surface area contributed by atoms with Crippen molar-refractivity contribution in [1.82, 2.24) is 0 Å². The highest BCUT2D eigenvalue weighted by molar-refractivity contribution is 4.81. The van der Waals surface area contributed by atoms with E-state index in [2.05, 4.69) is 11.7 Å². The van der Waals surface area contributed by atoms with Gasteiger partial charge in [0, 0.05) is 0 Å². The summed E-state index contributed by atoms with van der Waals surface area (Å²) in [5, 5.41) is 0. The Morgan fingerprint density at radius 1 is 1.80 bits per heavy atom. The van der Waals surface area contributed by atoms with Gasteiger partial charge in [0.15, 0.2) is 0 Å². The molecular weight excluding hydrogens is 62.1 g/mol. The molecule has 0 rings (SSSR count). The van der Waals surface area contributed by atoms with Crippen LogP contribution in [0.3, 0.4) is 0 Å². The minimum absolute atomic E-state index is 0.806. The highest BCUT2D eigenvalue weighted by atomic mass is 14.5. The lowest BCUT2D eigenvalue weighted by molar-refractivity contribution is -0.365. The predicted molar refractivity (Wildman–Crippen MR) is 21.2 cm³/mol. The zero-order valence-electron chi connectivity index (χ0n) is 3.20. The van der Waals surface area contributed by atoms with E-state index in [4.69, 9.17) is 6.42 Å². The third kappa shape index (κ3) is 3.52. The van der Waals surface area contributed by atoms with Crippen LogP contribution in [0.2, 0.25) is 0 Å². The number of rotatable bonds is 1. The summed E-state index contributed by atoms with van der Waals surface area (Å²) >= 11 is 0. The lowest BCUT2D eigenvalue weighted by atomic mass is 10.5. The summed E-state index contributed by atoms with van der Waals surface area (Å²) in [6.45, 7) is 0.858. The van der Waals surface area contributed by atoms with Crippen molar-refractivity contribution in [1.29, 1.82) is 0 Å². The molecule has 0 heterocycles. The lowest BCUT2D eigenvalue weighted by Crippen LogP contribution is -2.49. The Morgan fingerprint density at radius 2 is 2.40 bits per heavy atom. The smallest absolute Gasteiger partial charge is 0.0850 e. The number of hydrogen-bond donors (Lipinski definition) is 1. The van der Waals surface area contributed by atoms with Crippen LogP contribution in [0.5, 0.6) is 0 Å². The maximum atomic E-state index is 4.85. The highest BCUT2D eigenvalue weighted by Crippen LogP contribution is 1.56. The molecule has 1 nitrogen and oxygen atoms in total. The van der Waals surface area contributed by atoms with Crippen molar-refractivity contribution in [3.8, 4) is 12.3 Å². The average Bonchev–Trinajstić information content (AvgIpc) is 1.41. The minimum atomic E-state index is 0.806. The van der Waals surface area contributed by atoms with Gasteiger partial charge in [0.25, 0.3) is 0 Å². The lowest BCUT2D eigenvalue weighted by Gasteiger charge is -1.67. The SMILES string of the molecule is C#CCC[NH3+]. The summed E-state index contributed by atoms with van der Waals surface area (Å²) in [5.41, 5.74) is 3.53. The molecule has 0 aromatic heterocycles. The Kier molecular flexibility index (Phi) is 3.18. The van der Waals surface area contributed by atoms with E-state index in [-0.39, 0.29) is 0 Å². The van der Waals surface area contributed by atoms with Crippen LogP contribution in [0, 0.1) is 12.3 Å². The molecular formula is C4H8N+. The zero-order chi connectivity index (χ0) is 4.12. The first-order chi connectivity index (χ1) is 2.41. The third-order valence-electron chi connectivity index (χ3n) is 0.321. The molecule has 0 aromatic rings. The van der Waals surface area contributed by atoms with Crippen molar-refractivity contribution < 1.29 is 5.73 Å². The van der Waals surface area contributed by atoms with Gasteiger partial charge in [0.05, 0.1) is 13.0 Å². The van der Waals surface area contributed by atoms with E-state index in [9.17, 15) is 0 Å². The van der Waals surface area contributed by atoms with Gasteiger partial charge >= 0.3 is 0 Å². The Bertz CT molecular complexity index is 42.1. The second-order valence-corrected chi connectivity index (χ2v) is 0.808. The van der Waals surface area contributed by atoms with E-state index in [1.165, 1.54) is 0 Å². The number of hydrogen-bond acceptors (Lipinski definition) is 0. The molecule has 0 aromatic carbocycles. The van der Waals surface area contributed by atoms with Crippen molar-refractivity contribution in [3.05, 3.63) is 0 Å². The van der Waals surface area contributed by atoms with Crippen molar-refractivity contribution in [2.75, 3.05) is 6.54 Å². The van der Waals surface area contributed by atoms with Crippen LogP contribution in [-0.2, 0) is 0 Å². The Morgan fingerprint density at radius 3 is 2.40 bits per heavy atom. The molecule has 0 aliphatic rings. The number of terminal acetylenes is 1. The summed E-state index contributed by atoms with van der Waals surface area (Å²) in [5.74, 6) is 2.45. The molecule has 0 atom stereocenters. The molecule has 0 bridgehead atoms. The van der Waals surface area contributed by atoms with Crippen molar-refractivity contribution in [3.63, 3.8) is 0 Å². The minimum Gasteiger partial charge on any atom is -0.357 e. The standard InChI is InChI=1S/C4H7N/c1-2-3-4-5/h1H,3-5H2/p+1. The molecule has 0 aliphatic carbocycles. The molecule has 28 valence electrons. The molecule has 0 amide bonds. The summed E-state index contributed by atoms with van der Waals surface area (Å²) < 4.78 is 0. The van der Waals surface area contributed by atoms with Crippen LogP contribution in [0.15, 0.2) is 0 Å². The Labute approximate surface area is 32.2 Å². The summed E-state index contributed by atoms with van der Waals surface area (Å²) in [7, 11) is 0. The third-order valence-corrected chi connectivity index (χ3v) is 0.321. The molecule has 0 aliphatic heterocycles. The van der Waals surface area contributed by atoms with Crippen LogP contribution in [0.1, 0.15) is 6.42 Å². The Balaban J connectivity index is 2.48. The molecule has 1 heteroatoms. The fourth-order valence-corrected chi connectivity index (χ4v) is 0.102. The van der Waals surface area contributed by atoms with Crippen LogP contribution < -0.4 is 5.73 Å². The van der Waals surface area contributed by atoms with Gasteiger partial charge in [-0.2, -0.15) is 0 Å². The predicted octanol–water partition coefficient (Wildman–Crippen LogP) is -0.748. The van der Waals surface area contributed by atoms with E-state index in [1.807, 2.05) is 0 Å². The summed E-state index contributed by atoms with van der Waals surface area (Å²) in [6, 6.07) is 0. The van der Waals surface area contributed by atoms with Gasteiger partial charge in [-0.3, -0.25) is 0 Å². The van der Waals surface area contributed by atoms with E-state index in [0.717, 1.165) is 13.0 Å². The van der Waals surface area contributed by atoms with E-state index < -0.39 is 0 Å². The first-order valence-electron chi connectivity index (χ1n) is 1.64. The normalized spacial score (nSPS) is 6.40. The topological polar surface area (TPSA) is 27.6 Å². The van der Waals surface area contributed by atoms with E-state index >= 15 is 0 Å². The maximum Gasteiger partial charge on any atom is 0.0850 e. The average molecular weight is 70.1 g/mol. The van der Waals surface area contributed by atoms with Crippen molar-refractivity contribution in [2.24, 2.45) is 0 Å². The first kappa shape index (κ1) is 4.52. The first-order valence-corrected chi connectivity index (χ1v) is 1.64. The summed E-state index contributed by atoms with van der Waals surface area (Å²) in [4.78, 5) is 0. The van der Waals surface area contributed by atoms with Gasteiger partial charge < -0.3 is 5.73 Å². The van der Waals surface area contributed by atoms with Gasteiger partial charge in [0.2, 0.25) is 0 Å². The van der Waals surface area contributed by atoms with Crippen LogP contribution >= 0.6 is 0 Å². The molecule has 0 radical (unpaired) electrons. The molecule has 0 spiro atoms. The van der Waals surface area contributed by atoms with Crippen LogP contribution in [-0.4, -0.2) is 6.54 Å². The van der Waals surface area contributed by atoms with Crippen molar-refractivity contribution in [2.45, 2.75) is 6.42 Å². The second kappa shape index (κ2) is 3.52. The number of quaternary nitrogens is 1. The maximum absolute atomic E-state index is 4.85. The molecule has 0 fully saturated rings. The van der Waals surface area contributed by atoms with Crippen LogP contribution in [0.4, 0.5) is 0 Å². The quantitative estimate of drug-likeness (QED) is 0.393. The fraction of sp³-hybridized carbons (Fsp3) is 0.500. The second-order valence-electron chi connectivity index (χ2n) is 0.808. The van der Waals surface area contributed by atoms with Crippen molar-refractivity contribution >= 4 is 0 Å². The van der Waals surface area contributed by atoms with Gasteiger partial charge in [0.1, 0.15) is 0 Å². The van der Waals surface area contributed by atoms with Gasteiger partial charge in [-0.15, -0.1) is 12.3 Å². The fourth-order valence-electron chi connectivity index (χ4n) is 0.102. The molecule has 0 saturated carbocycles. The van der Waals surface area contributed by atoms with Crippen LogP contribution in [0.25, 0.3) is 0 Å². The Hall–Kier alpha value is -0.480. The van der Waals surface area contributed by atoms with Gasteiger partial charge in [-0.1, -0.05) is 0 Å².